The molecule has 5 aromatic carbocycles. The SMILES string of the molecule is COc1cc(S(=O)(=O)O)cc2c1nc1c(C#N)c(C)c(N=Nc3cc(C)c(N=Nc4cc(C)c(N=Nc5nc6c(S(=O)(=O)O)cc7ccc(S(=O)(=O)O)cc7c6s5)cc4SCCCS(=O)(=O)O)cc3OCCCS(=O)(=O)O)c(O)n12. The maximum Gasteiger partial charge on any atom is 0.296 e. The van der Waals surface area contributed by atoms with Crippen LogP contribution in [0.4, 0.5) is 33.6 Å². The first-order valence-electron chi connectivity index (χ1n) is 22.5. The third-order valence-corrected chi connectivity index (χ3v) is 17.9. The van der Waals surface area contributed by atoms with Gasteiger partial charge in [0.1, 0.15) is 44.7 Å². The van der Waals surface area contributed by atoms with E-state index in [9.17, 15) is 75.2 Å². The molecule has 35 heteroatoms. The molecule has 6 N–H and O–H groups in total. The molecule has 0 atom stereocenters. The van der Waals surface area contributed by atoms with Crippen LogP contribution in [0.15, 0.2) is 111 Å². The predicted molar refractivity (Wildman–Crippen MR) is 290 cm³/mol. The standard InChI is InChI=1S/C45H40N10O18S7/c1-22-13-32(51-53-39-24(3)29(21-46)43-47-40-34(55(43)44(39)56)17-27(79(66,67)68)18-36(40)72-4)35(73-9-5-11-76(57,58)59)19-30(22)49-52-33-14-23(2)31(20-37(33)74-10-6-12-77(60,61)62)50-54-45-48-41-38(80(69,70)71)15-25-7-8-26(78(63,64)65)16-28(25)42(41)75-45/h7-8,13-20,56H,5-6,9-12H2,1-4H3,(H,57,58,59)(H,60,61,62)(H,63,64,65)(H,66,67,68)(H,69,70,71). The lowest BCUT2D eigenvalue weighted by atomic mass is 10.1. The Labute approximate surface area is 462 Å². The van der Waals surface area contributed by atoms with Crippen LogP contribution in [0.2, 0.25) is 0 Å². The van der Waals surface area contributed by atoms with E-state index < -0.39 is 82.7 Å². The number of nitriles is 1. The number of imidazole rings is 1. The Balaban J connectivity index is 1.19. The number of fused-ring (bicyclic) bond motifs is 6. The highest BCUT2D eigenvalue weighted by atomic mass is 32.2. The number of rotatable bonds is 20. The van der Waals surface area contributed by atoms with Crippen LogP contribution in [0.3, 0.4) is 0 Å². The van der Waals surface area contributed by atoms with Gasteiger partial charge in [0.25, 0.3) is 50.6 Å². The third kappa shape index (κ3) is 13.0. The van der Waals surface area contributed by atoms with Gasteiger partial charge in [0.2, 0.25) is 11.0 Å². The summed E-state index contributed by atoms with van der Waals surface area (Å²) in [6.07, 6.45) is -0.218. The quantitative estimate of drug-likeness (QED) is 0.0179. The molecule has 0 saturated heterocycles. The van der Waals surface area contributed by atoms with E-state index in [1.54, 1.807) is 19.9 Å². The first kappa shape index (κ1) is 58.9. The number of aromatic hydroxyl groups is 1. The smallest absolute Gasteiger partial charge is 0.296 e. The number of thiazole rings is 1. The molecule has 28 nitrogen and oxygen atoms in total. The van der Waals surface area contributed by atoms with Crippen molar-refractivity contribution >= 4 is 145 Å². The highest BCUT2D eigenvalue weighted by molar-refractivity contribution is 7.99. The molecule has 0 aliphatic heterocycles. The van der Waals surface area contributed by atoms with Gasteiger partial charge in [0.05, 0.1) is 62.3 Å². The number of nitrogens with zero attached hydrogens (tertiary/aromatic N) is 10. The van der Waals surface area contributed by atoms with Gasteiger partial charge in [-0.15, -0.1) is 37.3 Å². The van der Waals surface area contributed by atoms with Gasteiger partial charge in [-0.3, -0.25) is 27.2 Å². The fraction of sp³-hybridized carbons (Fsp3) is 0.222. The Hall–Kier alpha value is -7.21. The molecule has 0 radical (unpaired) electrons. The minimum Gasteiger partial charge on any atom is -0.494 e. The fourth-order valence-corrected chi connectivity index (χ4v) is 12.7. The van der Waals surface area contributed by atoms with Crippen LogP contribution < -0.4 is 9.47 Å². The van der Waals surface area contributed by atoms with Crippen molar-refractivity contribution in [2.24, 2.45) is 30.7 Å². The lowest BCUT2D eigenvalue weighted by Crippen LogP contribution is -2.08. The summed E-state index contributed by atoms with van der Waals surface area (Å²) in [4.78, 5) is 7.31. The Kier molecular flexibility index (Phi) is 16.5. The Bertz CT molecular complexity index is 4640. The third-order valence-electron chi connectivity index (χ3n) is 11.6. The molecule has 8 rings (SSSR count). The summed E-state index contributed by atoms with van der Waals surface area (Å²) in [5, 5.41) is 48.2. The van der Waals surface area contributed by atoms with E-state index in [2.05, 4.69) is 40.7 Å². The highest BCUT2D eigenvalue weighted by Gasteiger charge is 2.26. The van der Waals surface area contributed by atoms with Crippen molar-refractivity contribution in [2.45, 2.75) is 53.2 Å². The summed E-state index contributed by atoms with van der Waals surface area (Å²) < 4.78 is 180. The molecule has 3 aromatic heterocycles. The van der Waals surface area contributed by atoms with Crippen molar-refractivity contribution in [3.05, 3.63) is 82.9 Å². The average molecular weight is 1230 g/mol. The van der Waals surface area contributed by atoms with Gasteiger partial charge in [-0.2, -0.15) is 52.5 Å². The van der Waals surface area contributed by atoms with Gasteiger partial charge in [-0.1, -0.05) is 17.4 Å². The van der Waals surface area contributed by atoms with Crippen LogP contribution in [-0.2, 0) is 50.6 Å². The minimum absolute atomic E-state index is 0.0147. The van der Waals surface area contributed by atoms with Crippen molar-refractivity contribution in [3.63, 3.8) is 0 Å². The number of methoxy groups -OCH3 is 1. The number of azo groups is 3. The maximum atomic E-state index is 12.5. The van der Waals surface area contributed by atoms with Gasteiger partial charge in [0.15, 0.2) is 11.3 Å². The van der Waals surface area contributed by atoms with Crippen LogP contribution in [0.1, 0.15) is 35.1 Å². The molecule has 0 unspecified atom stereocenters. The fourth-order valence-electron chi connectivity index (χ4n) is 7.83. The van der Waals surface area contributed by atoms with E-state index in [0.29, 0.717) is 16.0 Å². The number of ether oxygens (including phenoxy) is 2. The lowest BCUT2D eigenvalue weighted by molar-refractivity contribution is 0.317. The van der Waals surface area contributed by atoms with Crippen molar-refractivity contribution in [1.82, 2.24) is 14.4 Å². The Morgan fingerprint density at radius 2 is 1.30 bits per heavy atom. The summed E-state index contributed by atoms with van der Waals surface area (Å²) in [5.74, 6) is -1.99. The van der Waals surface area contributed by atoms with E-state index in [-0.39, 0.29) is 119 Å². The van der Waals surface area contributed by atoms with Crippen molar-refractivity contribution < 1.29 is 79.4 Å². The minimum atomic E-state index is -4.89. The van der Waals surface area contributed by atoms with E-state index in [1.807, 2.05) is 6.07 Å². The second kappa shape index (κ2) is 22.4. The lowest BCUT2D eigenvalue weighted by Gasteiger charge is -2.12. The number of hydrogen-bond acceptors (Lipinski definition) is 24. The largest absolute Gasteiger partial charge is 0.494 e. The van der Waals surface area contributed by atoms with Crippen LogP contribution in [0.25, 0.3) is 37.7 Å². The number of benzene rings is 5. The number of aromatic nitrogens is 3. The van der Waals surface area contributed by atoms with Crippen LogP contribution in [0.5, 0.6) is 17.4 Å². The molecule has 8 aromatic rings. The van der Waals surface area contributed by atoms with Crippen LogP contribution in [-0.4, -0.2) is 115 Å². The van der Waals surface area contributed by atoms with E-state index in [1.165, 1.54) is 38.3 Å². The molecule has 420 valence electrons. The summed E-state index contributed by atoms with van der Waals surface area (Å²) in [7, 11) is -21.9. The summed E-state index contributed by atoms with van der Waals surface area (Å²) >= 11 is 1.89. The molecular formula is C45H40N10O18S7. The van der Waals surface area contributed by atoms with Gasteiger partial charge in [-0.05, 0) is 98.3 Å². The molecule has 0 bridgehead atoms. The summed E-state index contributed by atoms with van der Waals surface area (Å²) in [5.41, 5.74) is 0.547. The van der Waals surface area contributed by atoms with Crippen LogP contribution >= 0.6 is 23.1 Å². The molecule has 0 spiro atoms. The normalized spacial score (nSPS) is 13.1. The second-order valence-corrected chi connectivity index (χ2v) is 26.7. The molecule has 80 heavy (non-hydrogen) atoms. The average Bonchev–Trinajstić information content (AvgIpc) is 4.04. The Morgan fingerprint density at radius 3 is 1.94 bits per heavy atom. The van der Waals surface area contributed by atoms with Crippen molar-refractivity contribution in [2.75, 3.05) is 31.0 Å². The molecule has 0 amide bonds. The van der Waals surface area contributed by atoms with Gasteiger partial charge in [-0.25, -0.2) is 9.97 Å². The highest BCUT2D eigenvalue weighted by Crippen LogP contribution is 2.45. The van der Waals surface area contributed by atoms with Crippen LogP contribution in [0, 0.1) is 32.1 Å². The number of thioether (sulfide) groups is 1. The summed E-state index contributed by atoms with van der Waals surface area (Å²) in [6, 6.07) is 14.4. The number of pyridine rings is 1. The maximum absolute atomic E-state index is 12.5. The van der Waals surface area contributed by atoms with Gasteiger partial charge < -0.3 is 14.6 Å². The monoisotopic (exact) mass is 1230 g/mol. The molecule has 0 fully saturated rings. The zero-order valence-electron chi connectivity index (χ0n) is 41.4. The predicted octanol–water partition coefficient (Wildman–Crippen LogP) is 9.77. The van der Waals surface area contributed by atoms with E-state index in [0.717, 1.165) is 57.8 Å². The summed E-state index contributed by atoms with van der Waals surface area (Å²) in [6.45, 7) is 4.36. The molecular weight excluding hydrogens is 1190 g/mol. The van der Waals surface area contributed by atoms with Gasteiger partial charge in [0, 0.05) is 28.0 Å². The molecule has 0 aliphatic rings. The first-order valence-corrected chi connectivity index (χ1v) is 31.8. The van der Waals surface area contributed by atoms with Gasteiger partial charge >= 0.3 is 0 Å². The van der Waals surface area contributed by atoms with E-state index in [4.69, 9.17) is 9.47 Å². The van der Waals surface area contributed by atoms with Crippen molar-refractivity contribution in [1.29, 1.82) is 5.26 Å². The van der Waals surface area contributed by atoms with Crippen molar-refractivity contribution in [3.8, 4) is 23.4 Å². The zero-order valence-corrected chi connectivity index (χ0v) is 47.1. The Morgan fingerprint density at radius 1 is 0.675 bits per heavy atom. The zero-order chi connectivity index (χ0) is 58.4. The molecule has 0 saturated carbocycles. The second-order valence-electron chi connectivity index (χ2n) is 17.2. The molecule has 0 aliphatic carbocycles. The van der Waals surface area contributed by atoms with E-state index >= 15 is 0 Å². The number of hydrogen-bond donors (Lipinski definition) is 6. The number of aryl methyl sites for hydroxylation is 2. The first-order chi connectivity index (χ1) is 37.3. The molecule has 3 heterocycles. The topological polar surface area (TPSA) is 439 Å².